The first kappa shape index (κ1) is 10.4. The molecule has 0 atom stereocenters. The summed E-state index contributed by atoms with van der Waals surface area (Å²) < 4.78 is 3.10. The molecule has 0 aliphatic heterocycles. The first-order chi connectivity index (χ1) is 7.50. The third kappa shape index (κ3) is 1.48. The third-order valence-corrected chi connectivity index (χ3v) is 2.27. The Kier molecular flexibility index (Phi) is 2.26. The van der Waals surface area contributed by atoms with Crippen LogP contribution in [0.15, 0.2) is 28.1 Å². The Hall–Kier alpha value is -2.11. The van der Waals surface area contributed by atoms with Gasteiger partial charge in [-0.25, -0.2) is 9.78 Å². The van der Waals surface area contributed by atoms with E-state index in [2.05, 4.69) is 16.5 Å². The van der Waals surface area contributed by atoms with Gasteiger partial charge < -0.3 is 4.57 Å². The van der Waals surface area contributed by atoms with E-state index >= 15 is 0 Å². The van der Waals surface area contributed by atoms with Gasteiger partial charge in [-0.2, -0.15) is 0 Å². The molecular formula is C10H12N4O2. The Balaban J connectivity index is 2.90. The van der Waals surface area contributed by atoms with Crippen LogP contribution in [0.5, 0.6) is 0 Å². The van der Waals surface area contributed by atoms with Crippen molar-refractivity contribution in [2.24, 2.45) is 7.05 Å². The lowest BCUT2D eigenvalue weighted by atomic mass is 10.3. The van der Waals surface area contributed by atoms with Gasteiger partial charge in [-0.15, -0.1) is 0 Å². The highest BCUT2D eigenvalue weighted by Gasteiger charge is 2.11. The number of H-pyrrole nitrogens is 1. The number of hydrogen-bond donors (Lipinski definition) is 1. The number of nitrogens with zero attached hydrogens (tertiary/aromatic N) is 3. The van der Waals surface area contributed by atoms with Crippen LogP contribution in [0.2, 0.25) is 0 Å². The zero-order valence-electron chi connectivity index (χ0n) is 9.15. The van der Waals surface area contributed by atoms with Gasteiger partial charge in [-0.3, -0.25) is 14.3 Å². The van der Waals surface area contributed by atoms with Crippen molar-refractivity contribution in [1.82, 2.24) is 19.1 Å². The smallest absolute Gasteiger partial charge is 0.320 e. The lowest BCUT2D eigenvalue weighted by molar-refractivity contribution is 0.718. The van der Waals surface area contributed by atoms with Gasteiger partial charge >= 0.3 is 5.69 Å². The Labute approximate surface area is 90.9 Å². The first-order valence-electron chi connectivity index (χ1n) is 4.79. The van der Waals surface area contributed by atoms with Crippen molar-refractivity contribution in [2.45, 2.75) is 13.5 Å². The zero-order valence-corrected chi connectivity index (χ0v) is 9.15. The topological polar surface area (TPSA) is 72.7 Å². The zero-order chi connectivity index (χ0) is 11.9. The molecule has 0 amide bonds. The number of allylic oxidation sites excluding steroid dienone is 1. The molecule has 6 heteroatoms. The van der Waals surface area contributed by atoms with Gasteiger partial charge in [0.25, 0.3) is 5.56 Å². The molecule has 2 heterocycles. The second kappa shape index (κ2) is 3.48. The Morgan fingerprint density at radius 3 is 2.88 bits per heavy atom. The quantitative estimate of drug-likeness (QED) is 0.724. The molecule has 84 valence electrons. The molecule has 1 N–H and O–H groups in total. The lowest BCUT2D eigenvalue weighted by Gasteiger charge is -2.07. The van der Waals surface area contributed by atoms with Crippen molar-refractivity contribution in [2.75, 3.05) is 0 Å². The molecule has 16 heavy (non-hydrogen) atoms. The van der Waals surface area contributed by atoms with Crippen molar-refractivity contribution >= 4 is 11.2 Å². The van der Waals surface area contributed by atoms with Gasteiger partial charge in [-0.05, 0) is 6.92 Å². The summed E-state index contributed by atoms with van der Waals surface area (Å²) in [7, 11) is 1.74. The summed E-state index contributed by atoms with van der Waals surface area (Å²) in [5.74, 6) is 0. The van der Waals surface area contributed by atoms with E-state index in [1.54, 1.807) is 11.6 Å². The van der Waals surface area contributed by atoms with Crippen LogP contribution in [0, 0.1) is 0 Å². The molecule has 0 aliphatic rings. The lowest BCUT2D eigenvalue weighted by Crippen LogP contribution is -2.31. The summed E-state index contributed by atoms with van der Waals surface area (Å²) in [4.78, 5) is 29.3. The standard InChI is InChI=1S/C10H12N4O2/c1-6(2)4-14-9-7(11-5-13(9)3)8(15)12-10(14)16/h5H,1,4H2,2-3H3,(H,12,15,16). The summed E-state index contributed by atoms with van der Waals surface area (Å²) in [6, 6.07) is 0. The van der Waals surface area contributed by atoms with Crippen molar-refractivity contribution in [1.29, 1.82) is 0 Å². The van der Waals surface area contributed by atoms with Crippen LogP contribution in [0.4, 0.5) is 0 Å². The maximum atomic E-state index is 11.7. The summed E-state index contributed by atoms with van der Waals surface area (Å²) in [5.41, 5.74) is 0.708. The van der Waals surface area contributed by atoms with Crippen LogP contribution >= 0.6 is 0 Å². The SMILES string of the molecule is C=C(C)Cn1c(=O)[nH]c(=O)c2ncn(C)c21. The van der Waals surface area contributed by atoms with E-state index in [1.165, 1.54) is 10.9 Å². The van der Waals surface area contributed by atoms with E-state index in [0.717, 1.165) is 5.57 Å². The second-order valence-electron chi connectivity index (χ2n) is 3.83. The largest absolute Gasteiger partial charge is 0.330 e. The molecule has 0 saturated heterocycles. The minimum absolute atomic E-state index is 0.267. The van der Waals surface area contributed by atoms with Gasteiger partial charge in [0.05, 0.1) is 6.33 Å². The number of imidazole rings is 1. The van der Waals surface area contributed by atoms with E-state index in [0.29, 0.717) is 12.2 Å². The highest BCUT2D eigenvalue weighted by atomic mass is 16.2. The maximum Gasteiger partial charge on any atom is 0.330 e. The molecule has 0 unspecified atom stereocenters. The minimum atomic E-state index is -0.460. The van der Waals surface area contributed by atoms with Gasteiger partial charge in [0, 0.05) is 13.6 Å². The molecule has 0 aromatic carbocycles. The summed E-state index contributed by atoms with van der Waals surface area (Å²) >= 11 is 0. The molecular weight excluding hydrogens is 208 g/mol. The number of nitrogens with one attached hydrogen (secondary N) is 1. The average Bonchev–Trinajstić information content (AvgIpc) is 2.55. The maximum absolute atomic E-state index is 11.7. The van der Waals surface area contributed by atoms with Crippen LogP contribution in [-0.4, -0.2) is 19.1 Å². The molecule has 0 aliphatic carbocycles. The summed E-state index contributed by atoms with van der Waals surface area (Å²) in [6.45, 7) is 5.94. The predicted molar refractivity (Wildman–Crippen MR) is 60.4 cm³/mol. The fourth-order valence-electron chi connectivity index (χ4n) is 1.64. The third-order valence-electron chi connectivity index (χ3n) is 2.27. The molecule has 0 spiro atoms. The second-order valence-corrected chi connectivity index (χ2v) is 3.83. The fraction of sp³-hybridized carbons (Fsp3) is 0.300. The van der Waals surface area contributed by atoms with Crippen molar-refractivity contribution in [3.63, 3.8) is 0 Å². The molecule has 2 aromatic rings. The molecule has 2 rings (SSSR count). The average molecular weight is 220 g/mol. The Morgan fingerprint density at radius 1 is 1.56 bits per heavy atom. The monoisotopic (exact) mass is 220 g/mol. The normalized spacial score (nSPS) is 10.9. The van der Waals surface area contributed by atoms with E-state index in [-0.39, 0.29) is 5.52 Å². The molecule has 6 nitrogen and oxygen atoms in total. The van der Waals surface area contributed by atoms with E-state index in [4.69, 9.17) is 0 Å². The van der Waals surface area contributed by atoms with E-state index in [9.17, 15) is 9.59 Å². The first-order valence-corrected chi connectivity index (χ1v) is 4.79. The van der Waals surface area contributed by atoms with Crippen LogP contribution in [0.1, 0.15) is 6.92 Å². The van der Waals surface area contributed by atoms with Crippen LogP contribution < -0.4 is 11.2 Å². The predicted octanol–water partition coefficient (Wildman–Crippen LogP) is -0.000600. The van der Waals surface area contributed by atoms with Crippen molar-refractivity contribution in [3.05, 3.63) is 39.3 Å². The Morgan fingerprint density at radius 2 is 2.25 bits per heavy atom. The van der Waals surface area contributed by atoms with Crippen LogP contribution in [0.25, 0.3) is 11.2 Å². The highest BCUT2D eigenvalue weighted by molar-refractivity contribution is 5.69. The number of rotatable bonds is 2. The van der Waals surface area contributed by atoms with Crippen molar-refractivity contribution < 1.29 is 0 Å². The highest BCUT2D eigenvalue weighted by Crippen LogP contribution is 2.05. The van der Waals surface area contributed by atoms with Crippen molar-refractivity contribution in [3.8, 4) is 0 Å². The Bertz CT molecular complexity index is 674. The van der Waals surface area contributed by atoms with Crippen LogP contribution in [-0.2, 0) is 13.6 Å². The summed E-state index contributed by atoms with van der Waals surface area (Å²) in [5, 5.41) is 0. The van der Waals surface area contributed by atoms with Gasteiger partial charge in [-0.1, -0.05) is 12.2 Å². The minimum Gasteiger partial charge on any atom is -0.320 e. The number of aromatic nitrogens is 4. The fourth-order valence-corrected chi connectivity index (χ4v) is 1.64. The number of aryl methyl sites for hydroxylation is 1. The molecule has 0 radical (unpaired) electrons. The number of aromatic amines is 1. The van der Waals surface area contributed by atoms with Gasteiger partial charge in [0.2, 0.25) is 0 Å². The molecule has 2 aromatic heterocycles. The molecule has 0 fully saturated rings. The van der Waals surface area contributed by atoms with E-state index < -0.39 is 11.2 Å². The molecule has 0 saturated carbocycles. The van der Waals surface area contributed by atoms with Crippen LogP contribution in [0.3, 0.4) is 0 Å². The summed E-state index contributed by atoms with van der Waals surface area (Å²) in [6.07, 6.45) is 1.51. The van der Waals surface area contributed by atoms with E-state index in [1.807, 2.05) is 6.92 Å². The number of hydrogen-bond acceptors (Lipinski definition) is 3. The van der Waals surface area contributed by atoms with Gasteiger partial charge in [0.15, 0.2) is 5.52 Å². The molecule has 0 bridgehead atoms. The van der Waals surface area contributed by atoms with Gasteiger partial charge in [0.1, 0.15) is 5.65 Å². The number of fused-ring (bicyclic) bond motifs is 1.